The minimum atomic E-state index is -0.896. The zero-order valence-corrected chi connectivity index (χ0v) is 10.3. The molecule has 0 bridgehead atoms. The maximum atomic E-state index is 13.0. The Hall–Kier alpha value is -2.54. The summed E-state index contributed by atoms with van der Waals surface area (Å²) >= 11 is 0. The molecule has 2 aromatic rings. The molecule has 0 amide bonds. The number of carbonyl (C=O) groups is 1. The van der Waals surface area contributed by atoms with E-state index in [4.69, 9.17) is 0 Å². The zero-order valence-electron chi connectivity index (χ0n) is 10.3. The number of Topliss-reactive ketones (excluding diaryl/α,β-unsaturated/α-hetero) is 1. The van der Waals surface area contributed by atoms with Crippen molar-refractivity contribution in [1.29, 1.82) is 5.26 Å². The number of hydrogen-bond acceptors (Lipinski definition) is 3. The second-order valence-corrected chi connectivity index (χ2v) is 4.17. The first-order chi connectivity index (χ1) is 9.13. The first kappa shape index (κ1) is 12.9. The van der Waals surface area contributed by atoms with Crippen LogP contribution in [0.3, 0.4) is 0 Å². The van der Waals surface area contributed by atoms with E-state index in [-0.39, 0.29) is 5.78 Å². The summed E-state index contributed by atoms with van der Waals surface area (Å²) in [6.07, 6.45) is 3.06. The third-order valence-corrected chi connectivity index (χ3v) is 2.88. The van der Waals surface area contributed by atoms with Crippen molar-refractivity contribution in [3.8, 4) is 6.07 Å². The third-order valence-electron chi connectivity index (χ3n) is 2.88. The molecule has 0 fully saturated rings. The first-order valence-corrected chi connectivity index (χ1v) is 5.73. The third kappa shape index (κ3) is 2.66. The normalized spacial score (nSPS) is 11.6. The van der Waals surface area contributed by atoms with Crippen LogP contribution in [-0.4, -0.2) is 10.8 Å². The molecule has 94 valence electrons. The molecule has 1 aromatic heterocycles. The maximum Gasteiger partial charge on any atom is 0.184 e. The molecule has 0 saturated carbocycles. The van der Waals surface area contributed by atoms with Crippen LogP contribution in [0.2, 0.25) is 0 Å². The lowest BCUT2D eigenvalue weighted by Crippen LogP contribution is -2.12. The van der Waals surface area contributed by atoms with E-state index in [2.05, 4.69) is 4.98 Å². The van der Waals surface area contributed by atoms with Crippen molar-refractivity contribution in [2.75, 3.05) is 0 Å². The molecule has 4 heteroatoms. The van der Waals surface area contributed by atoms with Crippen LogP contribution in [0.5, 0.6) is 0 Å². The summed E-state index contributed by atoms with van der Waals surface area (Å²) < 4.78 is 13.0. The largest absolute Gasteiger partial charge is 0.292 e. The van der Waals surface area contributed by atoms with Gasteiger partial charge in [0.1, 0.15) is 11.7 Å². The number of rotatable bonds is 3. The van der Waals surface area contributed by atoms with Crippen molar-refractivity contribution in [2.45, 2.75) is 12.8 Å². The van der Waals surface area contributed by atoms with E-state index in [9.17, 15) is 14.4 Å². The van der Waals surface area contributed by atoms with Gasteiger partial charge in [0.2, 0.25) is 0 Å². The molecular weight excluding hydrogens is 243 g/mol. The fourth-order valence-electron chi connectivity index (χ4n) is 1.90. The van der Waals surface area contributed by atoms with Gasteiger partial charge in [0.15, 0.2) is 5.78 Å². The standard InChI is InChI=1S/C15H11FN2O/c1-10-8-12(16)2-3-13(10)15(19)14(9-17)11-4-6-18-7-5-11/h2-8,14H,1H3. The second-order valence-electron chi connectivity index (χ2n) is 4.17. The van der Waals surface area contributed by atoms with Crippen molar-refractivity contribution >= 4 is 5.78 Å². The molecule has 1 atom stereocenters. The quantitative estimate of drug-likeness (QED) is 0.791. The SMILES string of the molecule is Cc1cc(F)ccc1C(=O)C(C#N)c1ccncc1. The number of benzene rings is 1. The van der Waals surface area contributed by atoms with Gasteiger partial charge in [0, 0.05) is 18.0 Å². The first-order valence-electron chi connectivity index (χ1n) is 5.73. The molecule has 0 aliphatic carbocycles. The molecular formula is C15H11FN2O. The molecule has 0 N–H and O–H groups in total. The van der Waals surface area contributed by atoms with E-state index in [0.717, 1.165) is 0 Å². The van der Waals surface area contributed by atoms with Crippen LogP contribution >= 0.6 is 0 Å². The number of carbonyl (C=O) groups excluding carboxylic acids is 1. The van der Waals surface area contributed by atoms with Crippen LogP contribution in [0.1, 0.15) is 27.4 Å². The Morgan fingerprint density at radius 2 is 2.00 bits per heavy atom. The van der Waals surface area contributed by atoms with Crippen molar-refractivity contribution in [1.82, 2.24) is 4.98 Å². The number of ketones is 1. The summed E-state index contributed by atoms with van der Waals surface area (Å²) in [5.41, 5.74) is 1.48. The minimum Gasteiger partial charge on any atom is -0.292 e. The minimum absolute atomic E-state index is 0.328. The lowest BCUT2D eigenvalue weighted by atomic mass is 9.90. The Labute approximate surface area is 110 Å². The molecule has 0 aliphatic heterocycles. The number of nitrogens with zero attached hydrogens (tertiary/aromatic N) is 2. The molecule has 1 heterocycles. The molecule has 0 radical (unpaired) electrons. The fourth-order valence-corrected chi connectivity index (χ4v) is 1.90. The van der Waals surface area contributed by atoms with E-state index in [0.29, 0.717) is 16.7 Å². The summed E-state index contributed by atoms with van der Waals surface area (Å²) in [6.45, 7) is 1.65. The van der Waals surface area contributed by atoms with Gasteiger partial charge in [-0.3, -0.25) is 9.78 Å². The Kier molecular flexibility index (Phi) is 3.67. The van der Waals surface area contributed by atoms with Crippen molar-refractivity contribution in [3.63, 3.8) is 0 Å². The number of hydrogen-bond donors (Lipinski definition) is 0. The molecule has 2 rings (SSSR count). The number of aryl methyl sites for hydroxylation is 1. The lowest BCUT2D eigenvalue weighted by Gasteiger charge is -2.10. The van der Waals surface area contributed by atoms with Gasteiger partial charge in [-0.25, -0.2) is 4.39 Å². The van der Waals surface area contributed by atoms with Crippen LogP contribution in [0.15, 0.2) is 42.7 Å². The van der Waals surface area contributed by atoms with Crippen molar-refractivity contribution < 1.29 is 9.18 Å². The fraction of sp³-hybridized carbons (Fsp3) is 0.133. The Morgan fingerprint density at radius 1 is 1.32 bits per heavy atom. The molecule has 1 aromatic carbocycles. The summed E-state index contributed by atoms with van der Waals surface area (Å²) in [7, 11) is 0. The average molecular weight is 254 g/mol. The van der Waals surface area contributed by atoms with Crippen LogP contribution in [0, 0.1) is 24.1 Å². The van der Waals surface area contributed by atoms with Gasteiger partial charge in [-0.1, -0.05) is 0 Å². The monoisotopic (exact) mass is 254 g/mol. The van der Waals surface area contributed by atoms with Crippen LogP contribution in [0.25, 0.3) is 0 Å². The van der Waals surface area contributed by atoms with Crippen molar-refractivity contribution in [3.05, 3.63) is 65.2 Å². The van der Waals surface area contributed by atoms with Gasteiger partial charge < -0.3 is 0 Å². The van der Waals surface area contributed by atoms with Crippen LogP contribution in [-0.2, 0) is 0 Å². The van der Waals surface area contributed by atoms with Crippen molar-refractivity contribution in [2.24, 2.45) is 0 Å². The molecule has 0 saturated heterocycles. The molecule has 0 spiro atoms. The van der Waals surface area contributed by atoms with Gasteiger partial charge >= 0.3 is 0 Å². The highest BCUT2D eigenvalue weighted by molar-refractivity contribution is 6.03. The Bertz CT molecular complexity index is 647. The topological polar surface area (TPSA) is 53.8 Å². The molecule has 0 aliphatic rings. The van der Waals surface area contributed by atoms with E-state index in [1.165, 1.54) is 30.6 Å². The Balaban J connectivity index is 2.40. The second kappa shape index (κ2) is 5.40. The highest BCUT2D eigenvalue weighted by Crippen LogP contribution is 2.22. The number of pyridine rings is 1. The van der Waals surface area contributed by atoms with E-state index < -0.39 is 11.7 Å². The van der Waals surface area contributed by atoms with Gasteiger partial charge in [0.05, 0.1) is 6.07 Å². The lowest BCUT2D eigenvalue weighted by molar-refractivity contribution is 0.0978. The summed E-state index contributed by atoms with van der Waals surface area (Å²) in [4.78, 5) is 16.2. The predicted octanol–water partition coefficient (Wildman–Crippen LogP) is 3.02. The van der Waals surface area contributed by atoms with E-state index in [1.807, 2.05) is 6.07 Å². The number of aromatic nitrogens is 1. The van der Waals surface area contributed by atoms with E-state index in [1.54, 1.807) is 19.1 Å². The van der Waals surface area contributed by atoms with Gasteiger partial charge in [0.25, 0.3) is 0 Å². The van der Waals surface area contributed by atoms with Crippen LogP contribution < -0.4 is 0 Å². The average Bonchev–Trinajstić information content (AvgIpc) is 2.40. The molecule has 19 heavy (non-hydrogen) atoms. The van der Waals surface area contributed by atoms with Gasteiger partial charge in [-0.05, 0) is 48.4 Å². The van der Waals surface area contributed by atoms with Gasteiger partial charge in [-0.2, -0.15) is 5.26 Å². The highest BCUT2D eigenvalue weighted by Gasteiger charge is 2.23. The summed E-state index contributed by atoms with van der Waals surface area (Å²) in [5.74, 6) is -1.62. The Morgan fingerprint density at radius 3 is 2.58 bits per heavy atom. The van der Waals surface area contributed by atoms with Gasteiger partial charge in [-0.15, -0.1) is 0 Å². The highest BCUT2D eigenvalue weighted by atomic mass is 19.1. The molecule has 3 nitrogen and oxygen atoms in total. The predicted molar refractivity (Wildman–Crippen MR) is 68.1 cm³/mol. The van der Waals surface area contributed by atoms with E-state index >= 15 is 0 Å². The number of halogens is 1. The van der Waals surface area contributed by atoms with Crippen LogP contribution in [0.4, 0.5) is 4.39 Å². The maximum absolute atomic E-state index is 13.0. The zero-order chi connectivity index (χ0) is 13.8. The summed E-state index contributed by atoms with van der Waals surface area (Å²) in [6, 6.07) is 9.17. The number of nitriles is 1. The summed E-state index contributed by atoms with van der Waals surface area (Å²) in [5, 5.41) is 9.19. The smallest absolute Gasteiger partial charge is 0.184 e. The molecule has 1 unspecified atom stereocenters.